The fourth-order valence-electron chi connectivity index (χ4n) is 3.47. The molecular weight excluding hydrogens is 415 g/mol. The molecule has 0 aromatic heterocycles. The van der Waals surface area contributed by atoms with Gasteiger partial charge in [-0.05, 0) is 55.7 Å². The number of amidine groups is 2. The third kappa shape index (κ3) is 4.39. The molecule has 2 heterocycles. The van der Waals surface area contributed by atoms with Gasteiger partial charge in [-0.3, -0.25) is 14.6 Å². The smallest absolute Gasteiger partial charge is 0.259 e. The number of fused-ring (bicyclic) bond motifs is 3. The summed E-state index contributed by atoms with van der Waals surface area (Å²) in [6.07, 6.45) is 0.652. The van der Waals surface area contributed by atoms with E-state index in [2.05, 4.69) is 24.2 Å². The van der Waals surface area contributed by atoms with E-state index in [1.54, 1.807) is 11.8 Å². The van der Waals surface area contributed by atoms with Gasteiger partial charge < -0.3 is 5.32 Å². The van der Waals surface area contributed by atoms with E-state index in [0.29, 0.717) is 29.0 Å². The molecule has 0 radical (unpaired) electrons. The largest absolute Gasteiger partial charge is 0.325 e. The van der Waals surface area contributed by atoms with Crippen LogP contribution in [0.15, 0.2) is 58.5 Å². The molecular formula is C23H23FN4O2S. The number of carbonyl (C=O) groups excluding carboxylic acids is 2. The van der Waals surface area contributed by atoms with Crippen LogP contribution in [0.3, 0.4) is 0 Å². The summed E-state index contributed by atoms with van der Waals surface area (Å²) in [6, 6.07) is 12.7. The van der Waals surface area contributed by atoms with Gasteiger partial charge in [0.05, 0.1) is 10.9 Å². The molecule has 2 aliphatic heterocycles. The summed E-state index contributed by atoms with van der Waals surface area (Å²) in [6.45, 7) is 5.87. The van der Waals surface area contributed by atoms with Crippen LogP contribution >= 0.6 is 11.8 Å². The van der Waals surface area contributed by atoms with Gasteiger partial charge in [0, 0.05) is 11.3 Å². The number of nitrogens with one attached hydrogen (secondary N) is 1. The molecule has 2 amide bonds. The highest BCUT2D eigenvalue weighted by Crippen LogP contribution is 2.35. The SMILES string of the molecule is CC(C)C[C@H]1N=C2c3ccccc3N=C(S[C@H](C)C(=O)Nc3ccc(F)cc3)N2C1=O. The van der Waals surface area contributed by atoms with Crippen molar-refractivity contribution in [3.63, 3.8) is 0 Å². The van der Waals surface area contributed by atoms with E-state index in [-0.39, 0.29) is 17.6 Å². The summed E-state index contributed by atoms with van der Waals surface area (Å²) in [4.78, 5) is 36.8. The predicted octanol–water partition coefficient (Wildman–Crippen LogP) is 4.59. The van der Waals surface area contributed by atoms with Crippen LogP contribution in [0.5, 0.6) is 0 Å². The molecule has 2 aliphatic rings. The molecule has 0 unspecified atom stereocenters. The Morgan fingerprint density at radius 3 is 2.58 bits per heavy atom. The zero-order valence-corrected chi connectivity index (χ0v) is 18.3. The molecule has 0 saturated carbocycles. The van der Waals surface area contributed by atoms with E-state index < -0.39 is 11.3 Å². The van der Waals surface area contributed by atoms with Gasteiger partial charge in [0.2, 0.25) is 5.91 Å². The first kappa shape index (κ1) is 21.2. The van der Waals surface area contributed by atoms with Crippen LogP contribution in [0.25, 0.3) is 0 Å². The normalized spacial score (nSPS) is 18.3. The summed E-state index contributed by atoms with van der Waals surface area (Å²) in [5.74, 6) is 0.168. The Bertz CT molecular complexity index is 1080. The Hall–Kier alpha value is -3.00. The second kappa shape index (κ2) is 8.63. The molecule has 6 nitrogen and oxygen atoms in total. The van der Waals surface area contributed by atoms with Crippen molar-refractivity contribution in [2.75, 3.05) is 5.32 Å². The van der Waals surface area contributed by atoms with Crippen LogP contribution in [-0.2, 0) is 9.59 Å². The van der Waals surface area contributed by atoms with E-state index in [4.69, 9.17) is 4.99 Å². The topological polar surface area (TPSA) is 74.1 Å². The Balaban J connectivity index is 1.58. The molecule has 0 saturated heterocycles. The average molecular weight is 439 g/mol. The van der Waals surface area contributed by atoms with E-state index in [0.717, 1.165) is 11.3 Å². The van der Waals surface area contributed by atoms with Crippen LogP contribution in [0.1, 0.15) is 32.8 Å². The van der Waals surface area contributed by atoms with Crippen molar-refractivity contribution in [1.29, 1.82) is 0 Å². The number of benzene rings is 2. The molecule has 0 bridgehead atoms. The monoisotopic (exact) mass is 438 g/mol. The molecule has 0 fully saturated rings. The van der Waals surface area contributed by atoms with E-state index in [1.807, 2.05) is 24.3 Å². The van der Waals surface area contributed by atoms with Crippen molar-refractivity contribution in [3.8, 4) is 0 Å². The standard InChI is InChI=1S/C23H23FN4O2S/c1-13(2)12-19-22(30)28-20(26-19)17-6-4-5-7-18(17)27-23(28)31-14(3)21(29)25-16-10-8-15(24)9-11-16/h4-11,13-14,19H,12H2,1-3H3,(H,25,29)/t14-,19-/m1/s1. The van der Waals surface area contributed by atoms with Gasteiger partial charge in [0.15, 0.2) is 5.17 Å². The number of carbonyl (C=O) groups is 2. The average Bonchev–Trinajstić information content (AvgIpc) is 3.06. The Morgan fingerprint density at radius 2 is 1.87 bits per heavy atom. The lowest BCUT2D eigenvalue weighted by molar-refractivity contribution is -0.125. The molecule has 0 aliphatic carbocycles. The summed E-state index contributed by atoms with van der Waals surface area (Å²) in [5, 5.41) is 2.67. The van der Waals surface area contributed by atoms with Gasteiger partial charge in [0.25, 0.3) is 5.91 Å². The second-order valence-corrected chi connectivity index (χ2v) is 9.25. The maximum absolute atomic E-state index is 13.2. The number of hydrogen-bond acceptors (Lipinski definition) is 5. The lowest BCUT2D eigenvalue weighted by Crippen LogP contribution is -2.42. The summed E-state index contributed by atoms with van der Waals surface area (Å²) in [5.41, 5.74) is 2.05. The van der Waals surface area contributed by atoms with Crippen molar-refractivity contribution >= 4 is 46.0 Å². The molecule has 1 N–H and O–H groups in total. The number of thioether (sulfide) groups is 1. The molecule has 8 heteroatoms. The number of nitrogens with zero attached hydrogens (tertiary/aromatic N) is 3. The molecule has 2 atom stereocenters. The number of aliphatic imine (C=N–C) groups is 2. The highest BCUT2D eigenvalue weighted by molar-refractivity contribution is 8.15. The minimum Gasteiger partial charge on any atom is -0.325 e. The van der Waals surface area contributed by atoms with Crippen LogP contribution in [0, 0.1) is 11.7 Å². The first-order chi connectivity index (χ1) is 14.8. The third-order valence-corrected chi connectivity index (χ3v) is 6.06. The first-order valence-corrected chi connectivity index (χ1v) is 11.0. The van der Waals surface area contributed by atoms with Crippen LogP contribution in [-0.4, -0.2) is 39.0 Å². The molecule has 31 heavy (non-hydrogen) atoms. The fourth-order valence-corrected chi connectivity index (χ4v) is 4.39. The molecule has 0 spiro atoms. The Labute approximate surface area is 184 Å². The van der Waals surface area contributed by atoms with Gasteiger partial charge in [-0.1, -0.05) is 37.7 Å². The predicted molar refractivity (Wildman–Crippen MR) is 122 cm³/mol. The molecule has 2 aromatic carbocycles. The summed E-state index contributed by atoms with van der Waals surface area (Å²) < 4.78 is 13.1. The lowest BCUT2D eigenvalue weighted by Gasteiger charge is -2.27. The zero-order chi connectivity index (χ0) is 22.1. The Kier molecular flexibility index (Phi) is 5.91. The maximum atomic E-state index is 13.2. The first-order valence-electron chi connectivity index (χ1n) is 10.2. The van der Waals surface area contributed by atoms with E-state index in [1.165, 1.54) is 36.0 Å². The summed E-state index contributed by atoms with van der Waals surface area (Å²) in [7, 11) is 0. The second-order valence-electron chi connectivity index (χ2n) is 7.94. The maximum Gasteiger partial charge on any atom is 0.259 e. The van der Waals surface area contributed by atoms with E-state index >= 15 is 0 Å². The van der Waals surface area contributed by atoms with Gasteiger partial charge in [-0.15, -0.1) is 0 Å². The van der Waals surface area contributed by atoms with Crippen molar-refractivity contribution in [2.24, 2.45) is 15.9 Å². The van der Waals surface area contributed by atoms with Crippen molar-refractivity contribution in [1.82, 2.24) is 4.90 Å². The number of amides is 2. The minimum absolute atomic E-state index is 0.115. The minimum atomic E-state index is -0.535. The van der Waals surface area contributed by atoms with Gasteiger partial charge >= 0.3 is 0 Å². The molecule has 2 aromatic rings. The van der Waals surface area contributed by atoms with Gasteiger partial charge in [0.1, 0.15) is 17.7 Å². The molecule has 4 rings (SSSR count). The number of rotatable bonds is 5. The van der Waals surface area contributed by atoms with Crippen LogP contribution in [0.4, 0.5) is 15.8 Å². The highest BCUT2D eigenvalue weighted by Gasteiger charge is 2.42. The van der Waals surface area contributed by atoms with Gasteiger partial charge in [-0.2, -0.15) is 0 Å². The highest BCUT2D eigenvalue weighted by atomic mass is 32.2. The lowest BCUT2D eigenvalue weighted by atomic mass is 10.0. The van der Waals surface area contributed by atoms with Crippen LogP contribution in [0.2, 0.25) is 0 Å². The molecule has 160 valence electrons. The number of para-hydroxylation sites is 1. The van der Waals surface area contributed by atoms with E-state index in [9.17, 15) is 14.0 Å². The number of anilines is 1. The van der Waals surface area contributed by atoms with Crippen molar-refractivity contribution in [3.05, 3.63) is 59.9 Å². The fraction of sp³-hybridized carbons (Fsp3) is 0.304. The Morgan fingerprint density at radius 1 is 1.16 bits per heavy atom. The number of hydrogen-bond donors (Lipinski definition) is 1. The zero-order valence-electron chi connectivity index (χ0n) is 17.5. The number of halogens is 1. The van der Waals surface area contributed by atoms with Crippen LogP contribution < -0.4 is 5.32 Å². The van der Waals surface area contributed by atoms with Gasteiger partial charge in [-0.25, -0.2) is 14.3 Å². The third-order valence-electron chi connectivity index (χ3n) is 5.01. The summed E-state index contributed by atoms with van der Waals surface area (Å²) >= 11 is 1.20. The quantitative estimate of drug-likeness (QED) is 0.742. The van der Waals surface area contributed by atoms with Crippen molar-refractivity contribution in [2.45, 2.75) is 38.5 Å². The van der Waals surface area contributed by atoms with Crippen molar-refractivity contribution < 1.29 is 14.0 Å².